The summed E-state index contributed by atoms with van der Waals surface area (Å²) in [5, 5.41) is 0. The number of carbonyl (C=O) groups is 3. The zero-order valence-electron chi connectivity index (χ0n) is 10.4. The van der Waals surface area contributed by atoms with Crippen molar-refractivity contribution < 1.29 is 28.6 Å². The topological polar surface area (TPSA) is 78.9 Å². The van der Waals surface area contributed by atoms with E-state index in [1.54, 1.807) is 0 Å². The predicted molar refractivity (Wildman–Crippen MR) is 58.3 cm³/mol. The SMILES string of the molecule is COC(=O)C[C@H]1[C@H]2CC(=O)O[C@H]2C[C@H]1OC(C)=O. The maximum atomic E-state index is 11.4. The maximum absolute atomic E-state index is 11.4. The Kier molecular flexibility index (Phi) is 3.54. The highest BCUT2D eigenvalue weighted by Gasteiger charge is 2.52. The van der Waals surface area contributed by atoms with Gasteiger partial charge in [0, 0.05) is 25.2 Å². The quantitative estimate of drug-likeness (QED) is 0.538. The van der Waals surface area contributed by atoms with Crippen molar-refractivity contribution in [3.8, 4) is 0 Å². The summed E-state index contributed by atoms with van der Waals surface area (Å²) in [4.78, 5) is 33.7. The molecule has 0 aromatic heterocycles. The van der Waals surface area contributed by atoms with Crippen molar-refractivity contribution in [1.29, 1.82) is 0 Å². The highest BCUT2D eigenvalue weighted by molar-refractivity contribution is 5.74. The van der Waals surface area contributed by atoms with Gasteiger partial charge in [-0.05, 0) is 0 Å². The molecular weight excluding hydrogens is 240 g/mol. The van der Waals surface area contributed by atoms with Crippen molar-refractivity contribution in [3.05, 3.63) is 0 Å². The second-order valence-corrected chi connectivity index (χ2v) is 4.72. The monoisotopic (exact) mass is 256 g/mol. The lowest BCUT2D eigenvalue weighted by molar-refractivity contribution is -0.153. The lowest BCUT2D eigenvalue weighted by Gasteiger charge is -2.21. The molecule has 2 rings (SSSR count). The molecule has 0 amide bonds. The summed E-state index contributed by atoms with van der Waals surface area (Å²) in [7, 11) is 1.31. The number of rotatable bonds is 3. The van der Waals surface area contributed by atoms with Crippen LogP contribution >= 0.6 is 0 Å². The molecule has 1 heterocycles. The first-order chi connectivity index (χ1) is 8.51. The van der Waals surface area contributed by atoms with Crippen LogP contribution in [0.1, 0.15) is 26.2 Å². The number of hydrogen-bond donors (Lipinski definition) is 0. The predicted octanol–water partition coefficient (Wildman–Crippen LogP) is 0.433. The minimum absolute atomic E-state index is 0.0547. The van der Waals surface area contributed by atoms with Crippen LogP contribution in [-0.2, 0) is 28.6 Å². The number of hydrogen-bond acceptors (Lipinski definition) is 6. The van der Waals surface area contributed by atoms with Crippen LogP contribution in [0.4, 0.5) is 0 Å². The second-order valence-electron chi connectivity index (χ2n) is 4.72. The first-order valence-electron chi connectivity index (χ1n) is 5.94. The Labute approximate surface area is 105 Å². The highest BCUT2D eigenvalue weighted by atomic mass is 16.6. The molecule has 0 N–H and O–H groups in total. The smallest absolute Gasteiger partial charge is 0.306 e. The molecule has 1 aliphatic carbocycles. The zero-order chi connectivity index (χ0) is 13.3. The highest BCUT2D eigenvalue weighted by Crippen LogP contribution is 2.44. The molecule has 0 aromatic rings. The molecular formula is C12H16O6. The first kappa shape index (κ1) is 12.9. The van der Waals surface area contributed by atoms with E-state index in [4.69, 9.17) is 9.47 Å². The molecule has 1 aliphatic heterocycles. The number of ether oxygens (including phenoxy) is 3. The Hall–Kier alpha value is -1.59. The molecule has 2 aliphatic rings. The van der Waals surface area contributed by atoms with E-state index in [1.807, 2.05) is 0 Å². The average Bonchev–Trinajstić information content (AvgIpc) is 2.76. The van der Waals surface area contributed by atoms with Crippen LogP contribution in [0.25, 0.3) is 0 Å². The lowest BCUT2D eigenvalue weighted by Crippen LogP contribution is -2.27. The van der Waals surface area contributed by atoms with Crippen molar-refractivity contribution in [2.75, 3.05) is 7.11 Å². The molecule has 2 fully saturated rings. The van der Waals surface area contributed by atoms with E-state index in [1.165, 1.54) is 14.0 Å². The van der Waals surface area contributed by atoms with Crippen LogP contribution in [0.15, 0.2) is 0 Å². The summed E-state index contributed by atoms with van der Waals surface area (Å²) in [6.07, 6.45) is 0.287. The second kappa shape index (κ2) is 4.96. The Bertz CT molecular complexity index is 377. The van der Waals surface area contributed by atoms with Crippen LogP contribution in [-0.4, -0.2) is 37.2 Å². The molecule has 0 aromatic carbocycles. The van der Waals surface area contributed by atoms with Crippen molar-refractivity contribution in [2.45, 2.75) is 38.4 Å². The number of methoxy groups -OCH3 is 1. The minimum atomic E-state index is -0.388. The van der Waals surface area contributed by atoms with E-state index in [0.29, 0.717) is 6.42 Å². The standard InChI is InChI=1S/C12H16O6/c1-6(13)17-9-5-10-8(4-12(15)18-10)7(9)3-11(14)16-2/h7-10H,3-5H2,1-2H3/t7-,8+,9+,10-/m0/s1. The van der Waals surface area contributed by atoms with E-state index in [9.17, 15) is 14.4 Å². The molecule has 18 heavy (non-hydrogen) atoms. The van der Waals surface area contributed by atoms with Gasteiger partial charge in [-0.15, -0.1) is 0 Å². The largest absolute Gasteiger partial charge is 0.469 e. The van der Waals surface area contributed by atoms with Crippen molar-refractivity contribution >= 4 is 17.9 Å². The van der Waals surface area contributed by atoms with Gasteiger partial charge in [-0.2, -0.15) is 0 Å². The number of fused-ring (bicyclic) bond motifs is 1. The Morgan fingerprint density at radius 1 is 1.44 bits per heavy atom. The zero-order valence-corrected chi connectivity index (χ0v) is 10.4. The molecule has 6 heteroatoms. The van der Waals surface area contributed by atoms with Crippen molar-refractivity contribution in [1.82, 2.24) is 0 Å². The summed E-state index contributed by atoms with van der Waals surface area (Å²) in [5.41, 5.74) is 0. The third kappa shape index (κ3) is 2.47. The normalized spacial score (nSPS) is 33.8. The van der Waals surface area contributed by atoms with E-state index in [2.05, 4.69) is 4.74 Å². The summed E-state index contributed by atoms with van der Waals surface area (Å²) in [5.74, 6) is -1.25. The van der Waals surface area contributed by atoms with Crippen molar-refractivity contribution in [3.63, 3.8) is 0 Å². The number of esters is 3. The van der Waals surface area contributed by atoms with Gasteiger partial charge in [-0.25, -0.2) is 0 Å². The van der Waals surface area contributed by atoms with E-state index in [-0.39, 0.29) is 54.8 Å². The van der Waals surface area contributed by atoms with Gasteiger partial charge in [0.15, 0.2) is 0 Å². The summed E-state index contributed by atoms with van der Waals surface area (Å²) in [6.45, 7) is 1.33. The van der Waals surface area contributed by atoms with Crippen molar-refractivity contribution in [2.24, 2.45) is 11.8 Å². The number of carbonyl (C=O) groups excluding carboxylic acids is 3. The van der Waals surface area contributed by atoms with Gasteiger partial charge in [0.25, 0.3) is 0 Å². The van der Waals surface area contributed by atoms with E-state index >= 15 is 0 Å². The first-order valence-corrected chi connectivity index (χ1v) is 5.94. The third-order valence-corrected chi connectivity index (χ3v) is 3.60. The maximum Gasteiger partial charge on any atom is 0.306 e. The van der Waals surface area contributed by atoms with Crippen LogP contribution in [0.3, 0.4) is 0 Å². The minimum Gasteiger partial charge on any atom is -0.469 e. The fourth-order valence-corrected chi connectivity index (χ4v) is 2.86. The van der Waals surface area contributed by atoms with E-state index < -0.39 is 0 Å². The van der Waals surface area contributed by atoms with Gasteiger partial charge in [-0.1, -0.05) is 0 Å². The van der Waals surface area contributed by atoms with Gasteiger partial charge in [0.2, 0.25) is 0 Å². The lowest BCUT2D eigenvalue weighted by atomic mass is 9.89. The fourth-order valence-electron chi connectivity index (χ4n) is 2.86. The Balaban J connectivity index is 2.09. The summed E-state index contributed by atoms with van der Waals surface area (Å²) < 4.78 is 15.0. The van der Waals surface area contributed by atoms with Gasteiger partial charge in [-0.3, -0.25) is 14.4 Å². The Morgan fingerprint density at radius 2 is 2.17 bits per heavy atom. The molecule has 100 valence electrons. The van der Waals surface area contributed by atoms with Gasteiger partial charge >= 0.3 is 17.9 Å². The van der Waals surface area contributed by atoms with Gasteiger partial charge in [0.05, 0.1) is 20.0 Å². The summed E-state index contributed by atoms with van der Waals surface area (Å²) >= 11 is 0. The third-order valence-electron chi connectivity index (χ3n) is 3.60. The molecule has 0 unspecified atom stereocenters. The fraction of sp³-hybridized carbons (Fsp3) is 0.750. The van der Waals surface area contributed by atoms with Gasteiger partial charge < -0.3 is 14.2 Å². The molecule has 0 spiro atoms. The summed E-state index contributed by atoms with van der Waals surface area (Å²) in [6, 6.07) is 0. The van der Waals surface area contributed by atoms with Crippen LogP contribution in [0, 0.1) is 11.8 Å². The molecule has 0 radical (unpaired) electrons. The van der Waals surface area contributed by atoms with Crippen LogP contribution < -0.4 is 0 Å². The Morgan fingerprint density at radius 3 is 2.78 bits per heavy atom. The molecule has 6 nitrogen and oxygen atoms in total. The molecule has 1 saturated heterocycles. The average molecular weight is 256 g/mol. The van der Waals surface area contributed by atoms with Crippen LogP contribution in [0.2, 0.25) is 0 Å². The van der Waals surface area contributed by atoms with Gasteiger partial charge in [0.1, 0.15) is 12.2 Å². The molecule has 1 saturated carbocycles. The molecule has 0 bridgehead atoms. The van der Waals surface area contributed by atoms with Crippen LogP contribution in [0.5, 0.6) is 0 Å². The molecule has 4 atom stereocenters. The van der Waals surface area contributed by atoms with E-state index in [0.717, 1.165) is 0 Å².